The number of hydrogen-bond acceptors (Lipinski definition) is 6. The van der Waals surface area contributed by atoms with Crippen LogP contribution in [0.5, 0.6) is 0 Å². The van der Waals surface area contributed by atoms with E-state index < -0.39 is 38.2 Å². The Morgan fingerprint density at radius 1 is 1.09 bits per heavy atom. The molecule has 2 amide bonds. The predicted molar refractivity (Wildman–Crippen MR) is 177 cm³/mol. The quantitative estimate of drug-likeness (QED) is 0.311. The van der Waals surface area contributed by atoms with Crippen LogP contribution in [-0.2, 0) is 24.3 Å². The first-order valence-electron chi connectivity index (χ1n) is 15.8. The summed E-state index contributed by atoms with van der Waals surface area (Å²) in [5.74, 6) is -0.995. The number of morpholine rings is 1. The number of primary amides is 1. The van der Waals surface area contributed by atoms with E-state index in [-0.39, 0.29) is 24.8 Å². The number of amides is 2. The summed E-state index contributed by atoms with van der Waals surface area (Å²) in [5, 5.41) is 1.13. The highest BCUT2D eigenvalue weighted by Crippen LogP contribution is 2.54. The predicted octanol–water partition coefficient (Wildman–Crippen LogP) is 4.89. The second kappa shape index (κ2) is 13.9. The van der Waals surface area contributed by atoms with Crippen molar-refractivity contribution < 1.29 is 22.7 Å². The summed E-state index contributed by atoms with van der Waals surface area (Å²) in [6.07, 6.45) is 2.40. The summed E-state index contributed by atoms with van der Waals surface area (Å²) in [4.78, 5) is 32.0. The van der Waals surface area contributed by atoms with E-state index in [0.717, 1.165) is 24.2 Å². The van der Waals surface area contributed by atoms with E-state index in [1.165, 1.54) is 0 Å². The molecule has 2 aromatic rings. The maximum atomic E-state index is 15.1. The van der Waals surface area contributed by atoms with Crippen molar-refractivity contribution in [2.75, 3.05) is 39.4 Å². The van der Waals surface area contributed by atoms with Crippen molar-refractivity contribution in [2.24, 2.45) is 11.1 Å². The van der Waals surface area contributed by atoms with Crippen LogP contribution >= 0.6 is 23.2 Å². The molecular formula is C33H44Cl2N4O5S. The van der Waals surface area contributed by atoms with E-state index in [1.807, 2.05) is 48.2 Å². The molecule has 3 aliphatic rings. The number of likely N-dealkylation sites (tertiary alicyclic amines) is 1. The average Bonchev–Trinajstić information content (AvgIpc) is 3.78. The summed E-state index contributed by atoms with van der Waals surface area (Å²) in [5.41, 5.74) is 6.60. The highest BCUT2D eigenvalue weighted by atomic mass is 35.5. The number of ether oxygens (including phenoxy) is 1. The van der Waals surface area contributed by atoms with E-state index in [1.54, 1.807) is 19.1 Å². The SMILES string of the molecule is CCC(CNS(=O)(=O)C1(C)CC1)N1C(=O)C(CCN2CCOCC2)(CC(N)=O)CC(c2cccc(Cl)c2)C1c1ccc(Cl)cc1. The molecule has 9 nitrogen and oxygen atoms in total. The van der Waals surface area contributed by atoms with Gasteiger partial charge in [-0.05, 0) is 81.0 Å². The molecule has 45 heavy (non-hydrogen) atoms. The third-order valence-electron chi connectivity index (χ3n) is 9.97. The number of carbonyl (C=O) groups excluding carboxylic acids is 2. The lowest BCUT2D eigenvalue weighted by molar-refractivity contribution is -0.159. The van der Waals surface area contributed by atoms with Gasteiger partial charge in [0.25, 0.3) is 0 Å². The minimum absolute atomic E-state index is 0.0582. The van der Waals surface area contributed by atoms with Crippen molar-refractivity contribution >= 4 is 45.0 Å². The minimum Gasteiger partial charge on any atom is -0.379 e. The molecule has 4 unspecified atom stereocenters. The van der Waals surface area contributed by atoms with Crippen LogP contribution in [0, 0.1) is 5.41 Å². The number of piperidine rings is 1. The molecule has 2 heterocycles. The standard InChI is InChI=1S/C33H44Cl2N4O5S/c1-3-27(22-37-45(42,43)32(2)11-12-32)39-30(23-7-9-25(34)10-8-23)28(24-5-4-6-26(35)19-24)20-33(31(39)41,21-29(36)40)13-14-38-15-17-44-18-16-38/h4-10,19,27-28,30,37H,3,11-18,20-22H2,1-2H3,(H2,36,40). The second-order valence-electron chi connectivity index (χ2n) is 13.1. The van der Waals surface area contributed by atoms with Gasteiger partial charge in [0.1, 0.15) is 0 Å². The molecule has 3 fully saturated rings. The first-order valence-corrected chi connectivity index (χ1v) is 18.0. The fourth-order valence-electron chi connectivity index (χ4n) is 6.94. The van der Waals surface area contributed by atoms with Crippen molar-refractivity contribution in [2.45, 2.75) is 75.1 Å². The number of hydrogen-bond donors (Lipinski definition) is 2. The van der Waals surface area contributed by atoms with Gasteiger partial charge in [0.15, 0.2) is 0 Å². The molecule has 0 radical (unpaired) electrons. The maximum Gasteiger partial charge on any atom is 0.230 e. The van der Waals surface area contributed by atoms with Crippen LogP contribution in [0.2, 0.25) is 10.0 Å². The zero-order chi connectivity index (χ0) is 32.4. The number of carbonyl (C=O) groups is 2. The Balaban J connectivity index is 1.62. The number of rotatable bonds is 13. The molecular weight excluding hydrogens is 635 g/mol. The second-order valence-corrected chi connectivity index (χ2v) is 16.2. The highest BCUT2D eigenvalue weighted by molar-refractivity contribution is 7.91. The van der Waals surface area contributed by atoms with Gasteiger partial charge >= 0.3 is 0 Å². The summed E-state index contributed by atoms with van der Waals surface area (Å²) < 4.78 is 34.1. The third-order valence-corrected chi connectivity index (χ3v) is 12.7. The molecule has 3 N–H and O–H groups in total. The van der Waals surface area contributed by atoms with Gasteiger partial charge in [0.2, 0.25) is 21.8 Å². The number of nitrogens with two attached hydrogens (primary N) is 1. The lowest BCUT2D eigenvalue weighted by Gasteiger charge is -2.53. The highest BCUT2D eigenvalue weighted by Gasteiger charge is 2.55. The summed E-state index contributed by atoms with van der Waals surface area (Å²) in [6.45, 7) is 7.08. The van der Waals surface area contributed by atoms with Gasteiger partial charge in [0, 0.05) is 48.1 Å². The molecule has 0 bridgehead atoms. The van der Waals surface area contributed by atoms with Crippen LogP contribution < -0.4 is 10.5 Å². The van der Waals surface area contributed by atoms with Crippen molar-refractivity contribution in [3.8, 4) is 0 Å². The van der Waals surface area contributed by atoms with Crippen LogP contribution in [0.3, 0.4) is 0 Å². The number of nitrogens with zero attached hydrogens (tertiary/aromatic N) is 2. The number of nitrogens with one attached hydrogen (secondary N) is 1. The average molecular weight is 680 g/mol. The molecule has 4 atom stereocenters. The van der Waals surface area contributed by atoms with Crippen LogP contribution in [0.25, 0.3) is 0 Å². The Kier molecular flexibility index (Phi) is 10.5. The number of benzene rings is 2. The monoisotopic (exact) mass is 678 g/mol. The van der Waals surface area contributed by atoms with Crippen molar-refractivity contribution in [3.63, 3.8) is 0 Å². The molecule has 12 heteroatoms. The molecule has 0 spiro atoms. The van der Waals surface area contributed by atoms with Crippen LogP contribution in [-0.4, -0.2) is 80.2 Å². The number of halogens is 2. The summed E-state index contributed by atoms with van der Waals surface area (Å²) in [6, 6.07) is 14.1. The normalized spacial score (nSPS) is 26.0. The molecule has 5 rings (SSSR count). The van der Waals surface area contributed by atoms with Gasteiger partial charge in [-0.15, -0.1) is 0 Å². The van der Waals surface area contributed by atoms with E-state index in [0.29, 0.717) is 61.9 Å². The van der Waals surface area contributed by atoms with Gasteiger partial charge in [-0.3, -0.25) is 14.5 Å². The first-order chi connectivity index (χ1) is 21.4. The zero-order valence-corrected chi connectivity index (χ0v) is 28.3. The maximum absolute atomic E-state index is 15.1. The Hall–Kier alpha value is -2.21. The van der Waals surface area contributed by atoms with E-state index in [2.05, 4.69) is 9.62 Å². The fourth-order valence-corrected chi connectivity index (χ4v) is 8.66. The molecule has 1 saturated carbocycles. The molecule has 1 aliphatic carbocycles. The molecule has 246 valence electrons. The van der Waals surface area contributed by atoms with Gasteiger partial charge in [-0.1, -0.05) is 54.4 Å². The van der Waals surface area contributed by atoms with Gasteiger partial charge in [0.05, 0.1) is 29.4 Å². The van der Waals surface area contributed by atoms with Crippen molar-refractivity contribution in [3.05, 3.63) is 69.7 Å². The van der Waals surface area contributed by atoms with Gasteiger partial charge < -0.3 is 15.4 Å². The Labute approximate surface area is 276 Å². The van der Waals surface area contributed by atoms with Crippen LogP contribution in [0.1, 0.15) is 75.5 Å². The zero-order valence-electron chi connectivity index (χ0n) is 26.0. The Morgan fingerprint density at radius 2 is 1.78 bits per heavy atom. The first kappa shape index (κ1) is 34.1. The summed E-state index contributed by atoms with van der Waals surface area (Å²) >= 11 is 12.8. The van der Waals surface area contributed by atoms with Crippen LogP contribution in [0.4, 0.5) is 0 Å². The lowest BCUT2D eigenvalue weighted by Crippen LogP contribution is -2.60. The fraction of sp³-hybridized carbons (Fsp3) is 0.576. The third kappa shape index (κ3) is 7.52. The smallest absolute Gasteiger partial charge is 0.230 e. The molecule has 0 aromatic heterocycles. The van der Waals surface area contributed by atoms with Gasteiger partial charge in [-0.25, -0.2) is 13.1 Å². The van der Waals surface area contributed by atoms with Gasteiger partial charge in [-0.2, -0.15) is 0 Å². The topological polar surface area (TPSA) is 122 Å². The molecule has 2 aromatic carbocycles. The largest absolute Gasteiger partial charge is 0.379 e. The van der Waals surface area contributed by atoms with E-state index in [9.17, 15) is 13.2 Å². The molecule has 2 aliphatic heterocycles. The lowest BCUT2D eigenvalue weighted by atomic mass is 9.64. The molecule has 2 saturated heterocycles. The summed E-state index contributed by atoms with van der Waals surface area (Å²) in [7, 11) is -3.59. The Morgan fingerprint density at radius 3 is 2.38 bits per heavy atom. The van der Waals surface area contributed by atoms with E-state index >= 15 is 4.79 Å². The van der Waals surface area contributed by atoms with Crippen molar-refractivity contribution in [1.29, 1.82) is 0 Å². The Bertz CT molecular complexity index is 1480. The van der Waals surface area contributed by atoms with Crippen LogP contribution in [0.15, 0.2) is 48.5 Å². The number of sulfonamides is 1. The van der Waals surface area contributed by atoms with E-state index in [4.69, 9.17) is 33.7 Å². The van der Waals surface area contributed by atoms with Crippen molar-refractivity contribution in [1.82, 2.24) is 14.5 Å². The minimum atomic E-state index is -3.59.